The highest BCUT2D eigenvalue weighted by atomic mass is 16.6. The lowest BCUT2D eigenvalue weighted by Gasteiger charge is -2.36. The van der Waals surface area contributed by atoms with Crippen molar-refractivity contribution in [3.63, 3.8) is 0 Å². The molecule has 2 aromatic rings. The second-order valence-electron chi connectivity index (χ2n) is 10.8. The third-order valence-corrected chi connectivity index (χ3v) is 7.10. The van der Waals surface area contributed by atoms with Gasteiger partial charge in [-0.1, -0.05) is 12.2 Å². The fourth-order valence-electron chi connectivity index (χ4n) is 5.00. The molecule has 1 fully saturated rings. The van der Waals surface area contributed by atoms with Gasteiger partial charge in [0.2, 0.25) is 11.4 Å². The number of fused-ring (bicyclic) bond motifs is 1. The Labute approximate surface area is 227 Å². The Morgan fingerprint density at radius 2 is 1.95 bits per heavy atom. The molecule has 1 aliphatic carbocycles. The number of amides is 2. The number of nitrogens with zero attached hydrogens (tertiary/aromatic N) is 4. The van der Waals surface area contributed by atoms with Gasteiger partial charge in [0.1, 0.15) is 17.0 Å². The van der Waals surface area contributed by atoms with Crippen LogP contribution < -0.4 is 22.2 Å². The maximum Gasteiger partial charge on any atom is 0.410 e. The smallest absolute Gasteiger partial charge is 0.410 e. The van der Waals surface area contributed by atoms with Crippen LogP contribution in [-0.2, 0) is 16.0 Å². The number of likely N-dealkylation sites (tertiary alicyclic amines) is 1. The van der Waals surface area contributed by atoms with Crippen LogP contribution in [0.4, 0.5) is 16.6 Å². The molecule has 210 valence electrons. The highest BCUT2D eigenvalue weighted by molar-refractivity contribution is 6.00. The highest BCUT2D eigenvalue weighted by Gasteiger charge is 2.33. The van der Waals surface area contributed by atoms with Gasteiger partial charge in [0.05, 0.1) is 5.39 Å². The quantitative estimate of drug-likeness (QED) is 0.467. The highest BCUT2D eigenvalue weighted by Crippen LogP contribution is 2.33. The molecule has 2 aliphatic rings. The lowest BCUT2D eigenvalue weighted by atomic mass is 9.85. The zero-order valence-electron chi connectivity index (χ0n) is 23.1. The Kier molecular flexibility index (Phi) is 7.69. The number of rotatable bonds is 6. The molecule has 1 atom stereocenters. The largest absolute Gasteiger partial charge is 0.444 e. The molecule has 1 unspecified atom stereocenters. The molecule has 0 spiro atoms. The van der Waals surface area contributed by atoms with E-state index in [0.29, 0.717) is 37.6 Å². The lowest BCUT2D eigenvalue weighted by Crippen LogP contribution is -2.42. The molecule has 3 heterocycles. The van der Waals surface area contributed by atoms with Gasteiger partial charge in [-0.3, -0.25) is 9.59 Å². The molecule has 39 heavy (non-hydrogen) atoms. The summed E-state index contributed by atoms with van der Waals surface area (Å²) in [6.07, 6.45) is 9.41. The summed E-state index contributed by atoms with van der Waals surface area (Å²) in [6, 6.07) is 0. The van der Waals surface area contributed by atoms with E-state index in [1.165, 1.54) is 11.8 Å². The maximum atomic E-state index is 12.8. The molecule has 0 aromatic carbocycles. The number of allylic oxidation sites excluding steroid dienone is 2. The van der Waals surface area contributed by atoms with E-state index < -0.39 is 22.7 Å². The number of aryl methyl sites for hydroxylation is 1. The predicted molar refractivity (Wildman–Crippen MR) is 148 cm³/mol. The van der Waals surface area contributed by atoms with E-state index in [0.717, 1.165) is 12.8 Å². The number of ether oxygens (including phenoxy) is 2. The van der Waals surface area contributed by atoms with Crippen molar-refractivity contribution in [1.82, 2.24) is 19.4 Å². The number of primary amides is 1. The normalized spacial score (nSPS) is 20.1. The van der Waals surface area contributed by atoms with Crippen molar-refractivity contribution < 1.29 is 19.1 Å². The number of carbonyl (C=O) groups excluding carboxylic acids is 2. The van der Waals surface area contributed by atoms with Gasteiger partial charge >= 0.3 is 6.09 Å². The third kappa shape index (κ3) is 5.75. The molecule has 0 bridgehead atoms. The number of hydrogen-bond acceptors (Lipinski definition) is 9. The number of hydrogen-bond donors (Lipinski definition) is 3. The molecule has 0 saturated carbocycles. The Balaban J connectivity index is 1.49. The van der Waals surface area contributed by atoms with E-state index in [9.17, 15) is 14.4 Å². The average Bonchev–Trinajstić information content (AvgIpc) is 2.88. The van der Waals surface area contributed by atoms with Crippen molar-refractivity contribution in [2.75, 3.05) is 31.2 Å². The van der Waals surface area contributed by atoms with Crippen LogP contribution in [0.3, 0.4) is 0 Å². The Bertz CT molecular complexity index is 1400. The Morgan fingerprint density at radius 3 is 2.49 bits per heavy atom. The molecule has 2 aromatic heterocycles. The summed E-state index contributed by atoms with van der Waals surface area (Å²) in [4.78, 5) is 47.6. The van der Waals surface area contributed by atoms with Gasteiger partial charge in [0.15, 0.2) is 11.4 Å². The molecule has 1 aliphatic heterocycles. The van der Waals surface area contributed by atoms with Crippen LogP contribution in [0.5, 0.6) is 0 Å². The molecular formula is C27H37N7O5. The second kappa shape index (κ2) is 10.7. The summed E-state index contributed by atoms with van der Waals surface area (Å²) in [6.45, 7) is 9.08. The van der Waals surface area contributed by atoms with Crippen molar-refractivity contribution in [3.8, 4) is 0 Å². The summed E-state index contributed by atoms with van der Waals surface area (Å²) in [5, 5.41) is 3.39. The second-order valence-corrected chi connectivity index (χ2v) is 10.8. The average molecular weight is 540 g/mol. The molecule has 4 rings (SSSR count). The Morgan fingerprint density at radius 1 is 1.26 bits per heavy atom. The standard InChI is InChI=1S/C27H37N7O5/c1-6-34-21(28)19(22(29)36)20(35)18-15-30-24(31-23(18)34)32-27(38-5)11-7-16(8-12-27)17-9-13-33(14-10-17)25(37)39-26(2,3)4/h7-8,11,15,17H,6,9-10,12-14,28H2,1-5H3,(H2,29,36)(H,30,31,32). The Hall–Kier alpha value is -3.93. The summed E-state index contributed by atoms with van der Waals surface area (Å²) in [5.74, 6) is -0.360. The first kappa shape index (κ1) is 28.1. The van der Waals surface area contributed by atoms with Crippen molar-refractivity contribution >= 4 is 34.8 Å². The number of pyridine rings is 1. The van der Waals surface area contributed by atoms with E-state index in [-0.39, 0.29) is 28.8 Å². The fourth-order valence-corrected chi connectivity index (χ4v) is 5.00. The number of anilines is 2. The minimum Gasteiger partial charge on any atom is -0.444 e. The van der Waals surface area contributed by atoms with Crippen molar-refractivity contribution in [2.24, 2.45) is 11.7 Å². The monoisotopic (exact) mass is 539 g/mol. The summed E-state index contributed by atoms with van der Waals surface area (Å²) >= 11 is 0. The van der Waals surface area contributed by atoms with Crippen LogP contribution in [0, 0.1) is 5.92 Å². The van der Waals surface area contributed by atoms with Gasteiger partial charge in [0, 0.05) is 39.4 Å². The number of nitrogen functional groups attached to an aromatic ring is 1. The van der Waals surface area contributed by atoms with Gasteiger partial charge < -0.3 is 35.7 Å². The fraction of sp³-hybridized carbons (Fsp3) is 0.519. The predicted octanol–water partition coefficient (Wildman–Crippen LogP) is 2.78. The number of nitrogens with one attached hydrogen (secondary N) is 1. The first-order chi connectivity index (χ1) is 18.4. The summed E-state index contributed by atoms with van der Waals surface area (Å²) in [5.41, 5.74) is 10.7. The first-order valence-corrected chi connectivity index (χ1v) is 13.1. The van der Waals surface area contributed by atoms with Crippen LogP contribution in [0.2, 0.25) is 0 Å². The SMILES string of the molecule is CCn1c(N)c(C(N)=O)c(=O)c2cnc(NC3(OC)C=CC(C4CCN(C(=O)OC(C)(C)C)CC4)=CC3)nc21. The van der Waals surface area contributed by atoms with Gasteiger partial charge in [-0.25, -0.2) is 9.78 Å². The third-order valence-electron chi connectivity index (χ3n) is 7.10. The number of piperidine rings is 1. The molecule has 12 nitrogen and oxygen atoms in total. The van der Waals surface area contributed by atoms with Crippen molar-refractivity contribution in [3.05, 3.63) is 45.8 Å². The number of carbonyl (C=O) groups is 2. The van der Waals surface area contributed by atoms with Gasteiger partial charge in [-0.2, -0.15) is 4.98 Å². The first-order valence-electron chi connectivity index (χ1n) is 13.1. The molecular weight excluding hydrogens is 502 g/mol. The zero-order valence-corrected chi connectivity index (χ0v) is 23.1. The molecule has 5 N–H and O–H groups in total. The summed E-state index contributed by atoms with van der Waals surface area (Å²) < 4.78 is 12.9. The minimum absolute atomic E-state index is 0.0311. The molecule has 0 radical (unpaired) electrons. The molecule has 12 heteroatoms. The minimum atomic E-state index is -0.898. The zero-order chi connectivity index (χ0) is 28.5. The maximum absolute atomic E-state index is 12.8. The number of aromatic nitrogens is 3. The van der Waals surface area contributed by atoms with Gasteiger partial charge in [-0.05, 0) is 58.1 Å². The van der Waals surface area contributed by atoms with Crippen LogP contribution in [0.1, 0.15) is 57.3 Å². The van der Waals surface area contributed by atoms with Gasteiger partial charge in [0.25, 0.3) is 5.91 Å². The van der Waals surface area contributed by atoms with Crippen LogP contribution in [0.15, 0.2) is 34.8 Å². The van der Waals surface area contributed by atoms with E-state index in [1.54, 1.807) is 16.6 Å². The number of methoxy groups -OCH3 is 1. The van der Waals surface area contributed by atoms with Crippen molar-refractivity contribution in [2.45, 2.75) is 64.8 Å². The van der Waals surface area contributed by atoms with E-state index in [2.05, 4.69) is 21.4 Å². The van der Waals surface area contributed by atoms with E-state index in [1.807, 2.05) is 39.8 Å². The molecule has 2 amide bonds. The van der Waals surface area contributed by atoms with Crippen LogP contribution in [-0.4, -0.2) is 63.0 Å². The van der Waals surface area contributed by atoms with Gasteiger partial charge in [-0.15, -0.1) is 0 Å². The topological polar surface area (TPSA) is 168 Å². The summed E-state index contributed by atoms with van der Waals surface area (Å²) in [7, 11) is 1.59. The molecule has 1 saturated heterocycles. The van der Waals surface area contributed by atoms with Crippen LogP contribution in [0.25, 0.3) is 11.0 Å². The van der Waals surface area contributed by atoms with E-state index in [4.69, 9.17) is 20.9 Å². The van der Waals surface area contributed by atoms with Crippen LogP contribution >= 0.6 is 0 Å². The van der Waals surface area contributed by atoms with Crippen molar-refractivity contribution in [1.29, 1.82) is 0 Å². The number of nitrogens with two attached hydrogens (primary N) is 2. The lowest BCUT2D eigenvalue weighted by molar-refractivity contribution is 0.0194. The van der Waals surface area contributed by atoms with E-state index >= 15 is 0 Å².